The van der Waals surface area contributed by atoms with Crippen molar-refractivity contribution in [1.29, 1.82) is 0 Å². The number of nitrogens with zero attached hydrogens (tertiary/aromatic N) is 5. The minimum absolute atomic E-state index is 0.0550. The van der Waals surface area contributed by atoms with E-state index >= 15 is 0 Å². The number of hydrogen-bond donors (Lipinski definition) is 1. The first kappa shape index (κ1) is 27.9. The zero-order valence-electron chi connectivity index (χ0n) is 21.2. The first-order valence-corrected chi connectivity index (χ1v) is 12.9. The van der Waals surface area contributed by atoms with Crippen molar-refractivity contribution in [2.45, 2.75) is 25.8 Å². The van der Waals surface area contributed by atoms with E-state index in [0.717, 1.165) is 18.4 Å². The van der Waals surface area contributed by atoms with E-state index < -0.39 is 31.9 Å². The fourth-order valence-corrected chi connectivity index (χ4v) is 3.87. The molecule has 1 aliphatic heterocycles. The molecule has 0 unspecified atom stereocenters. The molecule has 0 aliphatic carbocycles. The van der Waals surface area contributed by atoms with Gasteiger partial charge >= 0.3 is 210 Å². The number of carbonyl (C=O) groups is 3. The predicted molar refractivity (Wildman–Crippen MR) is 139 cm³/mol. The molecule has 37 heavy (non-hydrogen) atoms. The monoisotopic (exact) mass is 526 g/mol. The molecular formula is C25H31N6O5P. The second-order valence-corrected chi connectivity index (χ2v) is 9.04. The summed E-state index contributed by atoms with van der Waals surface area (Å²) < 4.78 is 16.6. The van der Waals surface area contributed by atoms with Gasteiger partial charge in [0.2, 0.25) is 0 Å². The maximum absolute atomic E-state index is 13.1. The Balaban J connectivity index is 1.71. The minimum atomic E-state index is -1.26. The van der Waals surface area contributed by atoms with Crippen LogP contribution in [0.3, 0.4) is 0 Å². The molecule has 12 heteroatoms. The molecule has 0 spiro atoms. The van der Waals surface area contributed by atoms with Crippen LogP contribution in [0.1, 0.15) is 30.3 Å². The van der Waals surface area contributed by atoms with Crippen LogP contribution >= 0.6 is 7.92 Å². The summed E-state index contributed by atoms with van der Waals surface area (Å²) in [5.41, 5.74) is 3.25. The quantitative estimate of drug-likeness (QED) is 0.411. The second kappa shape index (κ2) is 13.6. The van der Waals surface area contributed by atoms with Crippen LogP contribution in [0.5, 0.6) is 0 Å². The van der Waals surface area contributed by atoms with Crippen molar-refractivity contribution in [3.05, 3.63) is 42.1 Å². The molecule has 11 nitrogen and oxygen atoms in total. The van der Waals surface area contributed by atoms with Gasteiger partial charge in [0.05, 0.1) is 0 Å². The van der Waals surface area contributed by atoms with Crippen molar-refractivity contribution in [2.24, 2.45) is 0 Å². The Morgan fingerprint density at radius 3 is 2.41 bits per heavy atom. The molecule has 196 valence electrons. The van der Waals surface area contributed by atoms with Gasteiger partial charge in [-0.1, -0.05) is 6.92 Å². The summed E-state index contributed by atoms with van der Waals surface area (Å²) in [5.74, 6) is -0.230. The summed E-state index contributed by atoms with van der Waals surface area (Å²) in [4.78, 5) is 52.1. The number of rotatable bonds is 8. The Morgan fingerprint density at radius 2 is 1.78 bits per heavy atom. The van der Waals surface area contributed by atoms with Crippen molar-refractivity contribution in [2.75, 3.05) is 51.8 Å². The van der Waals surface area contributed by atoms with Crippen molar-refractivity contribution in [1.82, 2.24) is 25.1 Å². The number of piperazine rings is 1. The topological polar surface area (TPSA) is 125 Å². The Hall–Kier alpha value is -3.68. The number of hydrogen-bond acceptors (Lipinski definition) is 8. The molecule has 3 amide bonds. The zero-order chi connectivity index (χ0) is 26.8. The molecule has 1 saturated heterocycles. The SMILES string of the molecule is CCCCOC(=O)N1CCN(C(=O)[C@H](C#P=O)NC(=O)c2cc(N(C)C)nc(-c3ccccc3)n2)CC1. The van der Waals surface area contributed by atoms with E-state index in [-0.39, 0.29) is 18.8 Å². The molecule has 1 aromatic carbocycles. The van der Waals surface area contributed by atoms with Crippen molar-refractivity contribution < 1.29 is 23.7 Å². The molecule has 2 aromatic rings. The third-order valence-corrected chi connectivity index (χ3v) is 6.08. The molecule has 0 radical (unpaired) electrons. The van der Waals surface area contributed by atoms with Gasteiger partial charge in [-0.3, -0.25) is 0 Å². The number of ether oxygens (including phenoxy) is 1. The molecule has 0 bridgehead atoms. The van der Waals surface area contributed by atoms with Crippen LogP contribution in [0.4, 0.5) is 10.6 Å². The number of nitrogens with one attached hydrogen (secondary N) is 1. The number of carbonyl (C=O) groups excluding carboxylic acids is 3. The first-order valence-electron chi connectivity index (χ1n) is 12.0. The van der Waals surface area contributed by atoms with E-state index in [0.29, 0.717) is 31.3 Å². The standard InChI is InChI=1S/C25H31N6O5P/c1-4-5-15-36-25(34)31-13-11-30(12-14-31)24(33)20(17-37-35)27-23(32)19-16-21(29(2)3)28-22(26-19)18-9-7-6-8-10-18/h6-10,16,20H,4-5,11-15H2,1-3H3,(H,27,32)/t20-/m0/s1. The van der Waals surface area contributed by atoms with Crippen LogP contribution < -0.4 is 10.2 Å². The van der Waals surface area contributed by atoms with E-state index in [4.69, 9.17) is 4.74 Å². The fourth-order valence-electron chi connectivity index (χ4n) is 3.59. The Labute approximate surface area is 217 Å². The summed E-state index contributed by atoms with van der Waals surface area (Å²) >= 11 is 0. The van der Waals surface area contributed by atoms with Gasteiger partial charge in [0, 0.05) is 0 Å². The van der Waals surface area contributed by atoms with Crippen LogP contribution in [0.15, 0.2) is 36.4 Å². The Bertz CT molecular complexity index is 1210. The van der Waals surface area contributed by atoms with Crippen molar-refractivity contribution >= 4 is 31.6 Å². The average Bonchev–Trinajstić information content (AvgIpc) is 2.92. The van der Waals surface area contributed by atoms with Crippen molar-refractivity contribution in [3.63, 3.8) is 0 Å². The molecule has 1 aromatic heterocycles. The molecule has 1 N–H and O–H groups in total. The Morgan fingerprint density at radius 1 is 1.11 bits per heavy atom. The van der Waals surface area contributed by atoms with Crippen LogP contribution in [0, 0.1) is 5.63 Å². The number of amides is 3. The average molecular weight is 527 g/mol. The fraction of sp³-hybridized carbons (Fsp3) is 0.440. The summed E-state index contributed by atoms with van der Waals surface area (Å²) in [6, 6.07) is 9.48. The number of benzene rings is 1. The number of anilines is 1. The van der Waals surface area contributed by atoms with E-state index in [9.17, 15) is 18.9 Å². The molecule has 2 heterocycles. The van der Waals surface area contributed by atoms with Gasteiger partial charge < -0.3 is 0 Å². The van der Waals surface area contributed by atoms with Gasteiger partial charge in [-0.05, 0) is 0 Å². The molecule has 1 fully saturated rings. The van der Waals surface area contributed by atoms with Crippen molar-refractivity contribution in [3.8, 4) is 17.0 Å². The zero-order valence-corrected chi connectivity index (χ0v) is 22.1. The summed E-state index contributed by atoms with van der Waals surface area (Å²) in [6.45, 7) is 3.47. The second-order valence-electron chi connectivity index (χ2n) is 8.60. The van der Waals surface area contributed by atoms with Gasteiger partial charge in [0.25, 0.3) is 0 Å². The van der Waals surface area contributed by atoms with Crippen LogP contribution in [0.25, 0.3) is 11.4 Å². The summed E-state index contributed by atoms with van der Waals surface area (Å²) in [5, 5.41) is 2.58. The summed E-state index contributed by atoms with van der Waals surface area (Å²) in [7, 11) is 3.06. The normalized spacial score (nSPS) is 13.8. The number of aromatic nitrogens is 2. The molecule has 1 aliphatic rings. The molecule has 0 saturated carbocycles. The van der Waals surface area contributed by atoms with Gasteiger partial charge in [0.1, 0.15) is 0 Å². The first-order chi connectivity index (χ1) is 17.8. The van der Waals surface area contributed by atoms with E-state index in [1.54, 1.807) is 23.9 Å². The van der Waals surface area contributed by atoms with Crippen LogP contribution in [0.2, 0.25) is 0 Å². The molecule has 3 rings (SSSR count). The van der Waals surface area contributed by atoms with Gasteiger partial charge in [-0.2, -0.15) is 0 Å². The van der Waals surface area contributed by atoms with Gasteiger partial charge in [-0.15, -0.1) is 0 Å². The summed E-state index contributed by atoms with van der Waals surface area (Å²) in [6.07, 6.45) is 1.31. The van der Waals surface area contributed by atoms with E-state index in [1.165, 1.54) is 11.0 Å². The number of unbranched alkanes of at least 4 members (excludes halogenated alkanes) is 1. The third kappa shape index (κ3) is 7.65. The van der Waals surface area contributed by atoms with E-state index in [1.807, 2.05) is 37.3 Å². The third-order valence-electron chi connectivity index (χ3n) is 5.71. The predicted octanol–water partition coefficient (Wildman–Crippen LogP) is 2.64. The van der Waals surface area contributed by atoms with E-state index in [2.05, 4.69) is 20.9 Å². The molecule has 1 atom stereocenters. The van der Waals surface area contributed by atoms with Gasteiger partial charge in [0.15, 0.2) is 0 Å². The van der Waals surface area contributed by atoms with Crippen LogP contribution in [-0.2, 0) is 14.1 Å². The molecular weight excluding hydrogens is 495 g/mol. The maximum atomic E-state index is 13.1. The van der Waals surface area contributed by atoms with Crippen LogP contribution in [-0.4, -0.2) is 90.6 Å². The van der Waals surface area contributed by atoms with Gasteiger partial charge in [-0.25, -0.2) is 0 Å². The Kier molecular flexibility index (Phi) is 10.2.